The smallest absolute Gasteiger partial charge is 0.123 e. The Morgan fingerprint density at radius 1 is 1.20 bits per heavy atom. The molecule has 0 aliphatic carbocycles. The molecule has 1 aromatic carbocycles. The number of likely N-dealkylation sites (tertiary alicyclic amines) is 1. The second-order valence-corrected chi connectivity index (χ2v) is 4.51. The Kier molecular flexibility index (Phi) is 3.37. The highest BCUT2D eigenvalue weighted by molar-refractivity contribution is 5.21. The summed E-state index contributed by atoms with van der Waals surface area (Å²) in [4.78, 5) is 2.38. The third-order valence-corrected chi connectivity index (χ3v) is 3.22. The maximum atomic E-state index is 12.8. The normalized spacial score (nSPS) is 23.7. The van der Waals surface area contributed by atoms with E-state index in [1.165, 1.54) is 31.4 Å². The van der Waals surface area contributed by atoms with E-state index in [1.807, 2.05) is 12.1 Å². The van der Waals surface area contributed by atoms with E-state index in [2.05, 4.69) is 11.9 Å². The van der Waals surface area contributed by atoms with Gasteiger partial charge in [-0.25, -0.2) is 4.39 Å². The molecular weight excluding hydrogens is 189 g/mol. The van der Waals surface area contributed by atoms with Gasteiger partial charge in [0.15, 0.2) is 0 Å². The van der Waals surface area contributed by atoms with E-state index in [1.54, 1.807) is 12.1 Å². The van der Waals surface area contributed by atoms with E-state index in [-0.39, 0.29) is 5.82 Å². The highest BCUT2D eigenvalue weighted by atomic mass is 19.1. The standard InChI is InChI=1S/C13H18FN/c1-15-9-3-2-4-12(10-15)11-5-7-13(14)8-6-11/h5-8,12H,2-4,9-10H2,1H3. The van der Waals surface area contributed by atoms with Crippen LogP contribution in [0.5, 0.6) is 0 Å². The molecule has 82 valence electrons. The van der Waals surface area contributed by atoms with Gasteiger partial charge < -0.3 is 4.90 Å². The number of hydrogen-bond donors (Lipinski definition) is 0. The Bertz CT molecular complexity index is 307. The topological polar surface area (TPSA) is 3.24 Å². The fraction of sp³-hybridized carbons (Fsp3) is 0.538. The molecule has 2 heteroatoms. The minimum Gasteiger partial charge on any atom is -0.306 e. The molecule has 1 saturated heterocycles. The second-order valence-electron chi connectivity index (χ2n) is 4.51. The van der Waals surface area contributed by atoms with Gasteiger partial charge in [0.25, 0.3) is 0 Å². The lowest BCUT2D eigenvalue weighted by Gasteiger charge is -2.20. The van der Waals surface area contributed by atoms with Gasteiger partial charge in [-0.2, -0.15) is 0 Å². The van der Waals surface area contributed by atoms with E-state index in [0.29, 0.717) is 5.92 Å². The summed E-state index contributed by atoms with van der Waals surface area (Å²) in [6, 6.07) is 7.00. The molecule has 0 spiro atoms. The fourth-order valence-electron chi connectivity index (χ4n) is 2.34. The molecule has 15 heavy (non-hydrogen) atoms. The third kappa shape index (κ3) is 2.78. The minimum absolute atomic E-state index is 0.138. The summed E-state index contributed by atoms with van der Waals surface area (Å²) >= 11 is 0. The fourth-order valence-corrected chi connectivity index (χ4v) is 2.34. The molecule has 1 unspecified atom stereocenters. The first kappa shape index (κ1) is 10.6. The van der Waals surface area contributed by atoms with E-state index >= 15 is 0 Å². The van der Waals surface area contributed by atoms with Crippen LogP contribution < -0.4 is 0 Å². The summed E-state index contributed by atoms with van der Waals surface area (Å²) < 4.78 is 12.8. The maximum Gasteiger partial charge on any atom is 0.123 e. The number of halogens is 1. The van der Waals surface area contributed by atoms with E-state index < -0.39 is 0 Å². The Morgan fingerprint density at radius 3 is 2.67 bits per heavy atom. The van der Waals surface area contributed by atoms with Gasteiger partial charge in [0, 0.05) is 6.54 Å². The quantitative estimate of drug-likeness (QED) is 0.684. The number of hydrogen-bond acceptors (Lipinski definition) is 1. The molecule has 1 nitrogen and oxygen atoms in total. The van der Waals surface area contributed by atoms with Crippen LogP contribution in [0.1, 0.15) is 30.7 Å². The summed E-state index contributed by atoms with van der Waals surface area (Å²) in [6.45, 7) is 2.29. The van der Waals surface area contributed by atoms with Crippen LogP contribution in [-0.4, -0.2) is 25.0 Å². The molecule has 1 aliphatic rings. The van der Waals surface area contributed by atoms with Crippen molar-refractivity contribution in [1.82, 2.24) is 4.90 Å². The largest absolute Gasteiger partial charge is 0.306 e. The van der Waals surface area contributed by atoms with Gasteiger partial charge in [-0.05, 0) is 50.0 Å². The van der Waals surface area contributed by atoms with Gasteiger partial charge in [0.2, 0.25) is 0 Å². The molecule has 1 aliphatic heterocycles. The Hall–Kier alpha value is -0.890. The van der Waals surface area contributed by atoms with Crippen LogP contribution in [0, 0.1) is 5.82 Å². The van der Waals surface area contributed by atoms with E-state index in [0.717, 1.165) is 6.54 Å². The summed E-state index contributed by atoms with van der Waals surface area (Å²) in [5.74, 6) is 0.443. The molecule has 1 fully saturated rings. The van der Waals surface area contributed by atoms with Crippen LogP contribution in [0.2, 0.25) is 0 Å². The van der Waals surface area contributed by atoms with Crippen LogP contribution in [-0.2, 0) is 0 Å². The van der Waals surface area contributed by atoms with Crippen molar-refractivity contribution in [2.75, 3.05) is 20.1 Å². The van der Waals surface area contributed by atoms with Crippen LogP contribution in [0.4, 0.5) is 4.39 Å². The van der Waals surface area contributed by atoms with Crippen LogP contribution in [0.15, 0.2) is 24.3 Å². The van der Waals surface area contributed by atoms with Gasteiger partial charge in [0.05, 0.1) is 0 Å². The lowest BCUT2D eigenvalue weighted by Crippen LogP contribution is -2.22. The highest BCUT2D eigenvalue weighted by Gasteiger charge is 2.16. The number of rotatable bonds is 1. The number of nitrogens with zero attached hydrogens (tertiary/aromatic N) is 1. The van der Waals surface area contributed by atoms with Crippen LogP contribution >= 0.6 is 0 Å². The average Bonchev–Trinajstić information content (AvgIpc) is 2.44. The van der Waals surface area contributed by atoms with Crippen molar-refractivity contribution < 1.29 is 4.39 Å². The molecule has 0 bridgehead atoms. The van der Waals surface area contributed by atoms with Gasteiger partial charge >= 0.3 is 0 Å². The molecule has 0 N–H and O–H groups in total. The van der Waals surface area contributed by atoms with Crippen LogP contribution in [0.3, 0.4) is 0 Å². The number of benzene rings is 1. The predicted molar refractivity (Wildman–Crippen MR) is 60.5 cm³/mol. The van der Waals surface area contributed by atoms with Gasteiger partial charge in [0.1, 0.15) is 5.82 Å². The third-order valence-electron chi connectivity index (χ3n) is 3.22. The molecule has 0 aromatic heterocycles. The zero-order valence-corrected chi connectivity index (χ0v) is 9.25. The Labute approximate surface area is 90.9 Å². The average molecular weight is 207 g/mol. The predicted octanol–water partition coefficient (Wildman–Crippen LogP) is 3.03. The first-order valence-corrected chi connectivity index (χ1v) is 5.70. The number of likely N-dealkylation sites (N-methyl/N-ethyl adjacent to an activating group) is 1. The van der Waals surface area contributed by atoms with Crippen molar-refractivity contribution in [1.29, 1.82) is 0 Å². The van der Waals surface area contributed by atoms with E-state index in [4.69, 9.17) is 0 Å². The summed E-state index contributed by atoms with van der Waals surface area (Å²) in [6.07, 6.45) is 3.80. The van der Waals surface area contributed by atoms with Crippen molar-refractivity contribution in [3.63, 3.8) is 0 Å². The lowest BCUT2D eigenvalue weighted by molar-refractivity contribution is 0.332. The molecule has 1 atom stereocenters. The monoisotopic (exact) mass is 207 g/mol. The van der Waals surface area contributed by atoms with Crippen molar-refractivity contribution in [2.24, 2.45) is 0 Å². The minimum atomic E-state index is -0.138. The molecule has 0 amide bonds. The van der Waals surface area contributed by atoms with Crippen molar-refractivity contribution in [2.45, 2.75) is 25.2 Å². The first-order chi connectivity index (χ1) is 7.25. The van der Waals surface area contributed by atoms with Crippen LogP contribution in [0.25, 0.3) is 0 Å². The summed E-state index contributed by atoms with van der Waals surface area (Å²) in [7, 11) is 2.17. The summed E-state index contributed by atoms with van der Waals surface area (Å²) in [5.41, 5.74) is 1.28. The highest BCUT2D eigenvalue weighted by Crippen LogP contribution is 2.25. The first-order valence-electron chi connectivity index (χ1n) is 5.70. The zero-order valence-electron chi connectivity index (χ0n) is 9.25. The molecule has 2 rings (SSSR count). The van der Waals surface area contributed by atoms with Gasteiger partial charge in [-0.1, -0.05) is 18.6 Å². The van der Waals surface area contributed by atoms with Gasteiger partial charge in [-0.15, -0.1) is 0 Å². The Morgan fingerprint density at radius 2 is 1.93 bits per heavy atom. The van der Waals surface area contributed by atoms with Crippen molar-refractivity contribution in [3.05, 3.63) is 35.6 Å². The van der Waals surface area contributed by atoms with Gasteiger partial charge in [-0.3, -0.25) is 0 Å². The second kappa shape index (κ2) is 4.75. The van der Waals surface area contributed by atoms with Crippen molar-refractivity contribution >= 4 is 0 Å². The Balaban J connectivity index is 2.11. The SMILES string of the molecule is CN1CCCCC(c2ccc(F)cc2)C1. The summed E-state index contributed by atoms with van der Waals surface area (Å²) in [5, 5.41) is 0. The molecule has 1 heterocycles. The zero-order chi connectivity index (χ0) is 10.7. The lowest BCUT2D eigenvalue weighted by atomic mass is 9.94. The molecule has 0 radical (unpaired) electrons. The maximum absolute atomic E-state index is 12.8. The van der Waals surface area contributed by atoms with E-state index in [9.17, 15) is 4.39 Å². The molecule has 0 saturated carbocycles. The molecular formula is C13H18FN. The van der Waals surface area contributed by atoms with Crippen molar-refractivity contribution in [3.8, 4) is 0 Å². The molecule has 1 aromatic rings.